The van der Waals surface area contributed by atoms with Crippen LogP contribution in [0.15, 0.2) is 18.2 Å². The van der Waals surface area contributed by atoms with Gasteiger partial charge in [-0.25, -0.2) is 4.98 Å². The number of hydrogen-bond donors (Lipinski definition) is 1. The van der Waals surface area contributed by atoms with Gasteiger partial charge in [-0.2, -0.15) is 0 Å². The quantitative estimate of drug-likeness (QED) is 0.880. The minimum atomic E-state index is 0. The highest BCUT2D eigenvalue weighted by Gasteiger charge is 2.05. The Kier molecular flexibility index (Phi) is 4.35. The number of benzene rings is 1. The maximum absolute atomic E-state index is 5.97. The molecule has 0 bridgehead atoms. The van der Waals surface area contributed by atoms with Gasteiger partial charge >= 0.3 is 0 Å². The Morgan fingerprint density at radius 2 is 1.88 bits per heavy atom. The van der Waals surface area contributed by atoms with Crippen molar-refractivity contribution in [2.75, 3.05) is 5.73 Å². The molecule has 0 unspecified atom stereocenters. The summed E-state index contributed by atoms with van der Waals surface area (Å²) in [6, 6.07) is 6.50. The summed E-state index contributed by atoms with van der Waals surface area (Å²) in [5.74, 6) is 0.682. The summed E-state index contributed by atoms with van der Waals surface area (Å²) in [5, 5.41) is 1.20. The minimum absolute atomic E-state index is 0. The Hall–Kier alpha value is -1.28. The monoisotopic (exact) mass is 250 g/mol. The zero-order chi connectivity index (χ0) is 11.7. The first-order valence-electron chi connectivity index (χ1n) is 5.78. The fourth-order valence-corrected chi connectivity index (χ4v) is 2.18. The van der Waals surface area contributed by atoms with Crippen LogP contribution in [-0.4, -0.2) is 4.98 Å². The largest absolute Gasteiger partial charge is 0.383 e. The average Bonchev–Trinajstić information content (AvgIpc) is 2.21. The molecule has 3 heteroatoms. The van der Waals surface area contributed by atoms with Crippen LogP contribution in [0.4, 0.5) is 5.82 Å². The topological polar surface area (TPSA) is 38.9 Å². The molecule has 0 aliphatic carbocycles. The first-order valence-corrected chi connectivity index (χ1v) is 5.78. The maximum atomic E-state index is 5.97. The molecule has 0 radical (unpaired) electrons. The van der Waals surface area contributed by atoms with Gasteiger partial charge in [0.25, 0.3) is 0 Å². The van der Waals surface area contributed by atoms with Gasteiger partial charge in [-0.1, -0.05) is 25.0 Å². The molecule has 0 amide bonds. The molecule has 1 heterocycles. The van der Waals surface area contributed by atoms with E-state index in [0.29, 0.717) is 5.82 Å². The summed E-state index contributed by atoms with van der Waals surface area (Å²) in [6.45, 7) is 6.36. The van der Waals surface area contributed by atoms with Gasteiger partial charge in [0.1, 0.15) is 5.82 Å². The molecule has 0 saturated carbocycles. The lowest BCUT2D eigenvalue weighted by molar-refractivity contribution is 0.921. The van der Waals surface area contributed by atoms with E-state index in [2.05, 4.69) is 44.0 Å². The van der Waals surface area contributed by atoms with Gasteiger partial charge in [0.05, 0.1) is 5.52 Å². The Bertz CT molecular complexity index is 535. The van der Waals surface area contributed by atoms with E-state index in [9.17, 15) is 0 Å². The van der Waals surface area contributed by atoms with Gasteiger partial charge in [0.2, 0.25) is 0 Å². The number of nitrogens with two attached hydrogens (primary N) is 1. The standard InChI is InChI=1S/C14H18N2.ClH/c1-4-5-11-8-12-7-9(2)6-10(3)13(12)16-14(11)15;/h6-8H,4-5H2,1-3H3,(H2,15,16);1H. The van der Waals surface area contributed by atoms with Crippen molar-refractivity contribution >= 4 is 29.1 Å². The van der Waals surface area contributed by atoms with Crippen LogP contribution in [0.5, 0.6) is 0 Å². The van der Waals surface area contributed by atoms with Gasteiger partial charge < -0.3 is 5.73 Å². The lowest BCUT2D eigenvalue weighted by Crippen LogP contribution is -1.99. The third-order valence-corrected chi connectivity index (χ3v) is 2.88. The molecule has 2 N–H and O–H groups in total. The van der Waals surface area contributed by atoms with Crippen LogP contribution in [0.2, 0.25) is 0 Å². The number of aryl methyl sites for hydroxylation is 3. The van der Waals surface area contributed by atoms with Crippen LogP contribution in [-0.2, 0) is 6.42 Å². The van der Waals surface area contributed by atoms with Crippen molar-refractivity contribution in [3.63, 3.8) is 0 Å². The smallest absolute Gasteiger partial charge is 0.127 e. The van der Waals surface area contributed by atoms with Gasteiger partial charge in [-0.3, -0.25) is 0 Å². The summed E-state index contributed by atoms with van der Waals surface area (Å²) < 4.78 is 0. The maximum Gasteiger partial charge on any atom is 0.127 e. The second-order valence-electron chi connectivity index (χ2n) is 4.44. The Balaban J connectivity index is 0.00000144. The average molecular weight is 251 g/mol. The zero-order valence-electron chi connectivity index (χ0n) is 10.6. The normalized spacial score (nSPS) is 10.3. The predicted molar refractivity (Wildman–Crippen MR) is 76.9 cm³/mol. The summed E-state index contributed by atoms with van der Waals surface area (Å²) in [4.78, 5) is 4.51. The van der Waals surface area contributed by atoms with E-state index in [-0.39, 0.29) is 12.4 Å². The second kappa shape index (κ2) is 5.37. The molecule has 17 heavy (non-hydrogen) atoms. The Morgan fingerprint density at radius 1 is 1.18 bits per heavy atom. The molecule has 0 fully saturated rings. The first kappa shape index (κ1) is 13.8. The summed E-state index contributed by atoms with van der Waals surface area (Å²) in [7, 11) is 0. The van der Waals surface area contributed by atoms with E-state index < -0.39 is 0 Å². The molecule has 0 aliphatic heterocycles. The van der Waals surface area contributed by atoms with E-state index in [1.54, 1.807) is 0 Å². The lowest BCUT2D eigenvalue weighted by atomic mass is 10.0. The number of hydrogen-bond acceptors (Lipinski definition) is 2. The molecular formula is C14H19ClN2. The van der Waals surface area contributed by atoms with Crippen molar-refractivity contribution in [1.82, 2.24) is 4.98 Å². The van der Waals surface area contributed by atoms with Crippen LogP contribution in [0, 0.1) is 13.8 Å². The number of halogens is 1. The van der Waals surface area contributed by atoms with E-state index in [4.69, 9.17) is 5.73 Å². The van der Waals surface area contributed by atoms with E-state index in [1.807, 2.05) is 0 Å². The highest BCUT2D eigenvalue weighted by atomic mass is 35.5. The van der Waals surface area contributed by atoms with Gasteiger partial charge in [-0.15, -0.1) is 12.4 Å². The molecule has 2 nitrogen and oxygen atoms in total. The number of anilines is 1. The molecule has 2 aromatic rings. The first-order chi connectivity index (χ1) is 7.61. The second-order valence-corrected chi connectivity index (χ2v) is 4.44. The summed E-state index contributed by atoms with van der Waals surface area (Å²) >= 11 is 0. The van der Waals surface area contributed by atoms with Crippen molar-refractivity contribution in [3.8, 4) is 0 Å². The van der Waals surface area contributed by atoms with Gasteiger partial charge in [-0.05, 0) is 43.5 Å². The van der Waals surface area contributed by atoms with Crippen LogP contribution in [0.1, 0.15) is 30.0 Å². The number of rotatable bonds is 2. The Labute approximate surface area is 109 Å². The third kappa shape index (κ3) is 2.70. The zero-order valence-corrected chi connectivity index (χ0v) is 11.4. The van der Waals surface area contributed by atoms with Crippen LogP contribution < -0.4 is 5.73 Å². The number of fused-ring (bicyclic) bond motifs is 1. The number of aromatic nitrogens is 1. The van der Waals surface area contributed by atoms with Gasteiger partial charge in [0, 0.05) is 5.39 Å². The van der Waals surface area contributed by atoms with Crippen molar-refractivity contribution in [2.45, 2.75) is 33.6 Å². The van der Waals surface area contributed by atoms with Crippen molar-refractivity contribution < 1.29 is 0 Å². The molecule has 1 aromatic carbocycles. The minimum Gasteiger partial charge on any atom is -0.383 e. The molecule has 0 saturated heterocycles. The molecular weight excluding hydrogens is 232 g/mol. The molecule has 92 valence electrons. The van der Waals surface area contributed by atoms with Gasteiger partial charge in [0.15, 0.2) is 0 Å². The van der Waals surface area contributed by atoms with E-state index >= 15 is 0 Å². The SMILES string of the molecule is CCCc1cc2cc(C)cc(C)c2nc1N.Cl. The molecule has 0 spiro atoms. The predicted octanol–water partition coefficient (Wildman–Crippen LogP) is 3.81. The van der Waals surface area contributed by atoms with Crippen LogP contribution in [0.3, 0.4) is 0 Å². The van der Waals surface area contributed by atoms with Crippen molar-refractivity contribution in [2.24, 2.45) is 0 Å². The lowest BCUT2D eigenvalue weighted by Gasteiger charge is -2.08. The number of nitrogen functional groups attached to an aromatic ring is 1. The summed E-state index contributed by atoms with van der Waals surface area (Å²) in [6.07, 6.45) is 2.10. The Morgan fingerprint density at radius 3 is 2.53 bits per heavy atom. The number of pyridine rings is 1. The summed E-state index contributed by atoms with van der Waals surface area (Å²) in [5.41, 5.74) is 10.6. The van der Waals surface area contributed by atoms with Crippen molar-refractivity contribution in [1.29, 1.82) is 0 Å². The fourth-order valence-electron chi connectivity index (χ4n) is 2.18. The molecule has 2 rings (SSSR count). The van der Waals surface area contributed by atoms with Crippen LogP contribution in [0.25, 0.3) is 10.9 Å². The molecule has 0 aliphatic rings. The highest BCUT2D eigenvalue weighted by molar-refractivity contribution is 5.85. The van der Waals surface area contributed by atoms with Crippen molar-refractivity contribution in [3.05, 3.63) is 34.9 Å². The molecule has 0 atom stereocenters. The fraction of sp³-hybridized carbons (Fsp3) is 0.357. The number of nitrogens with zero attached hydrogens (tertiary/aromatic N) is 1. The molecule has 1 aromatic heterocycles. The third-order valence-electron chi connectivity index (χ3n) is 2.88. The van der Waals surface area contributed by atoms with Crippen LogP contribution >= 0.6 is 12.4 Å². The van der Waals surface area contributed by atoms with E-state index in [0.717, 1.165) is 18.4 Å². The van der Waals surface area contributed by atoms with E-state index in [1.165, 1.54) is 22.1 Å². The highest BCUT2D eigenvalue weighted by Crippen LogP contribution is 2.23.